The molecule has 0 bridgehead atoms. The average Bonchev–Trinajstić information content (AvgIpc) is 3.97. The van der Waals surface area contributed by atoms with Crippen molar-refractivity contribution in [3.8, 4) is 45.6 Å². The van der Waals surface area contributed by atoms with E-state index in [2.05, 4.69) is 80.6 Å². The second-order valence-electron chi connectivity index (χ2n) is 14.8. The molecule has 59 heavy (non-hydrogen) atoms. The molecule has 3 unspecified atom stereocenters. The van der Waals surface area contributed by atoms with Crippen LogP contribution in [0.15, 0.2) is 158 Å². The normalized spacial score (nSPS) is 17.4. The van der Waals surface area contributed by atoms with Crippen LogP contribution in [0.25, 0.3) is 11.1 Å². The second-order valence-corrected chi connectivity index (χ2v) is 18.6. The third-order valence-corrected chi connectivity index (χ3v) is 15.1. The van der Waals surface area contributed by atoms with Gasteiger partial charge in [-0.1, -0.05) is 66.7 Å². The number of aromatic nitrogens is 3. The number of nitrogens with zero attached hydrogens (tertiary/aromatic N) is 3. The van der Waals surface area contributed by atoms with Crippen LogP contribution >= 0.6 is 25.6 Å². The molecule has 292 valence electrons. The molecular weight excluding hydrogens is 795 g/mol. The first-order chi connectivity index (χ1) is 29.0. The summed E-state index contributed by atoms with van der Waals surface area (Å²) < 4.78 is 47.7. The van der Waals surface area contributed by atoms with Crippen LogP contribution in [-0.4, -0.2) is 13.0 Å². The van der Waals surface area contributed by atoms with Crippen molar-refractivity contribution in [3.05, 3.63) is 203 Å². The number of para-hydroxylation sites is 3. The maximum Gasteiger partial charge on any atom is 0.421 e. The first kappa shape index (κ1) is 36.1. The van der Waals surface area contributed by atoms with Crippen molar-refractivity contribution in [2.24, 2.45) is 0 Å². The fourth-order valence-electron chi connectivity index (χ4n) is 7.72. The highest BCUT2D eigenvalue weighted by Crippen LogP contribution is 2.55. The molecule has 11 rings (SSSR count). The van der Waals surface area contributed by atoms with Gasteiger partial charge in [-0.25, -0.2) is 0 Å². The van der Waals surface area contributed by atoms with E-state index in [1.165, 1.54) is 0 Å². The summed E-state index contributed by atoms with van der Waals surface area (Å²) in [6.45, 7) is 4.11. The molecule has 0 aliphatic carbocycles. The Morgan fingerprint density at radius 1 is 0.424 bits per heavy atom. The van der Waals surface area contributed by atoms with Crippen LogP contribution in [-0.2, 0) is 19.3 Å². The number of aryl methyl sites for hydroxylation is 2. The van der Waals surface area contributed by atoms with Crippen LogP contribution in [0.2, 0.25) is 0 Å². The van der Waals surface area contributed by atoms with Crippen molar-refractivity contribution in [1.82, 2.24) is 13.0 Å². The number of hydrogen-bond acceptors (Lipinski definition) is 6. The quantitative estimate of drug-likeness (QED) is 0.149. The lowest BCUT2D eigenvalue weighted by Crippen LogP contribution is -2.07. The lowest BCUT2D eigenvalue weighted by Gasteiger charge is -2.25. The molecule has 0 N–H and O–H groups in total. The van der Waals surface area contributed by atoms with Gasteiger partial charge in [0.1, 0.15) is 34.5 Å². The zero-order valence-corrected chi connectivity index (χ0v) is 34.9. The Morgan fingerprint density at radius 2 is 0.847 bits per heavy atom. The number of hydrogen-bond donors (Lipinski definition) is 0. The molecule has 3 aliphatic rings. The maximum atomic E-state index is 7.12. The molecule has 0 saturated carbocycles. The number of rotatable bonds is 7. The molecule has 8 aromatic rings. The Morgan fingerprint density at radius 3 is 1.32 bits per heavy atom. The van der Waals surface area contributed by atoms with Gasteiger partial charge in [-0.15, -0.1) is 0 Å². The topological polar surface area (TPSA) is 70.2 Å². The fourth-order valence-corrected chi connectivity index (χ4v) is 12.0. The first-order valence-corrected chi connectivity index (χ1v) is 22.9. The van der Waals surface area contributed by atoms with Gasteiger partial charge in [0.05, 0.1) is 0 Å². The number of benzene rings is 5. The smallest absolute Gasteiger partial charge is 0.421 e. The summed E-state index contributed by atoms with van der Waals surface area (Å²) in [4.78, 5) is 0. The van der Waals surface area contributed by atoms with Crippen molar-refractivity contribution in [2.45, 2.75) is 33.1 Å². The van der Waals surface area contributed by atoms with E-state index >= 15 is 0 Å². The summed E-state index contributed by atoms with van der Waals surface area (Å²) in [5.41, 5.74) is 10.3. The molecule has 0 spiro atoms. The van der Waals surface area contributed by atoms with E-state index < -0.39 is 25.6 Å². The summed E-state index contributed by atoms with van der Waals surface area (Å²) in [6.07, 6.45) is 8.34. The van der Waals surface area contributed by atoms with Gasteiger partial charge in [-0.05, 0) is 97.8 Å². The van der Waals surface area contributed by atoms with Crippen LogP contribution in [0.5, 0.6) is 34.5 Å². The minimum atomic E-state index is -1.65. The molecule has 0 saturated heterocycles. The highest BCUT2D eigenvalue weighted by atomic mass is 31.2. The molecule has 9 nitrogen and oxygen atoms in total. The minimum absolute atomic E-state index is 0.636. The van der Waals surface area contributed by atoms with Crippen molar-refractivity contribution < 1.29 is 27.1 Å². The van der Waals surface area contributed by atoms with Crippen molar-refractivity contribution in [2.75, 3.05) is 0 Å². The molecule has 0 amide bonds. The third kappa shape index (κ3) is 6.84. The SMILES string of the molecule is Cc1ccc(-c2cc(OP3Oc4ccccc4Cc4cccn43)c(C)cc2OP2Oc3ccccc3Cc3cccn32)c(OP2Oc3ccccc3Cc3cccn32)c1. The first-order valence-electron chi connectivity index (χ1n) is 19.5. The second kappa shape index (κ2) is 15.0. The van der Waals surface area contributed by atoms with E-state index in [1.54, 1.807) is 0 Å². The van der Waals surface area contributed by atoms with Crippen LogP contribution in [0.1, 0.15) is 44.9 Å². The van der Waals surface area contributed by atoms with Gasteiger partial charge in [-0.2, -0.15) is 0 Å². The summed E-state index contributed by atoms with van der Waals surface area (Å²) in [7, 11) is -4.88. The predicted molar refractivity (Wildman–Crippen MR) is 233 cm³/mol. The van der Waals surface area contributed by atoms with Gasteiger partial charge >= 0.3 is 25.6 Å². The van der Waals surface area contributed by atoms with E-state index in [4.69, 9.17) is 27.1 Å². The predicted octanol–water partition coefficient (Wildman–Crippen LogP) is 12.8. The van der Waals surface area contributed by atoms with E-state index in [9.17, 15) is 0 Å². The van der Waals surface area contributed by atoms with Crippen LogP contribution in [0.3, 0.4) is 0 Å². The van der Waals surface area contributed by atoms with Crippen molar-refractivity contribution in [1.29, 1.82) is 0 Å². The van der Waals surface area contributed by atoms with Crippen LogP contribution < -0.4 is 27.1 Å². The maximum absolute atomic E-state index is 7.12. The van der Waals surface area contributed by atoms with Crippen LogP contribution in [0.4, 0.5) is 0 Å². The zero-order valence-electron chi connectivity index (χ0n) is 32.3. The average molecular weight is 834 g/mol. The van der Waals surface area contributed by atoms with E-state index in [-0.39, 0.29) is 0 Å². The van der Waals surface area contributed by atoms with Crippen LogP contribution in [0, 0.1) is 13.8 Å². The molecule has 6 heterocycles. The number of fused-ring (bicyclic) bond motifs is 6. The van der Waals surface area contributed by atoms with Gasteiger partial charge in [-0.3, -0.25) is 13.0 Å². The lowest BCUT2D eigenvalue weighted by atomic mass is 10.00. The molecule has 12 heteroatoms. The molecular formula is C47H38N3O6P3. The van der Waals surface area contributed by atoms with Gasteiger partial charge in [0, 0.05) is 82.8 Å². The summed E-state index contributed by atoms with van der Waals surface area (Å²) in [6, 6.07) is 47.4. The molecule has 5 aromatic carbocycles. The molecule has 3 aliphatic heterocycles. The Labute approximate surface area is 346 Å². The molecule has 3 aromatic heterocycles. The summed E-state index contributed by atoms with van der Waals surface area (Å²) in [5, 5.41) is 0. The standard InChI is InChI=1S/C47H38N3O6P3/c1-32-21-22-40(46(26-32)55-58-49-24-10-16-38(49)29-35-13-4-7-19-43(35)52-58)41-31-45(54-57-48-23-9-15-37(48)28-34-12-3-6-18-42(34)51-57)33(2)27-47(41)56-59-50-25-11-17-39(50)30-36-14-5-8-20-44(36)53-59/h3-27,31H,28-30H2,1-2H3. The van der Waals surface area contributed by atoms with Gasteiger partial charge in [0.2, 0.25) is 0 Å². The zero-order chi connectivity index (χ0) is 39.5. The summed E-state index contributed by atoms with van der Waals surface area (Å²) >= 11 is 0. The Kier molecular flexibility index (Phi) is 9.19. The Hall–Kier alpha value is -5.97. The minimum Gasteiger partial charge on any atom is -0.422 e. The molecule has 0 radical (unpaired) electrons. The van der Waals surface area contributed by atoms with E-state index in [0.717, 1.165) is 92.5 Å². The van der Waals surface area contributed by atoms with Crippen molar-refractivity contribution in [3.63, 3.8) is 0 Å². The van der Waals surface area contributed by atoms with Gasteiger partial charge in [0.15, 0.2) is 0 Å². The van der Waals surface area contributed by atoms with Gasteiger partial charge in [0.25, 0.3) is 0 Å². The Bertz CT molecular complexity index is 2870. The molecule has 3 atom stereocenters. The highest BCUT2D eigenvalue weighted by molar-refractivity contribution is 7.47. The monoisotopic (exact) mass is 833 g/mol. The molecule has 0 fully saturated rings. The van der Waals surface area contributed by atoms with E-state index in [1.807, 2.05) is 104 Å². The highest BCUT2D eigenvalue weighted by Gasteiger charge is 2.32. The van der Waals surface area contributed by atoms with E-state index in [0.29, 0.717) is 17.2 Å². The Balaban J connectivity index is 1.03. The van der Waals surface area contributed by atoms with Crippen molar-refractivity contribution >= 4 is 25.6 Å². The van der Waals surface area contributed by atoms with Gasteiger partial charge < -0.3 is 27.1 Å². The largest absolute Gasteiger partial charge is 0.422 e. The third-order valence-electron chi connectivity index (χ3n) is 10.8. The fraction of sp³-hybridized carbons (Fsp3) is 0.106. The summed E-state index contributed by atoms with van der Waals surface area (Å²) in [5.74, 6) is 4.42. The lowest BCUT2D eigenvalue weighted by molar-refractivity contribution is 0.470.